The van der Waals surface area contributed by atoms with Gasteiger partial charge in [-0.1, -0.05) is 69.4 Å². The maximum Gasteiger partial charge on any atom is 0.328 e. The number of carbonyl (C=O) groups is 1. The number of aliphatic carboxylic acids is 1. The third kappa shape index (κ3) is 15.0. The van der Waals surface area contributed by atoms with Gasteiger partial charge in [-0.25, -0.2) is 9.68 Å². The van der Waals surface area contributed by atoms with Gasteiger partial charge in [0.25, 0.3) is 0 Å². The summed E-state index contributed by atoms with van der Waals surface area (Å²) in [4.78, 5) is 14.8. The number of rotatable bonds is 14. The largest absolute Gasteiger partial charge is 0.478 e. The molecule has 0 heterocycles. The van der Waals surface area contributed by atoms with Gasteiger partial charge in [-0.05, 0) is 25.7 Å². The van der Waals surface area contributed by atoms with Gasteiger partial charge < -0.3 is 5.11 Å². The minimum Gasteiger partial charge on any atom is -0.478 e. The summed E-state index contributed by atoms with van der Waals surface area (Å²) in [6.45, 7) is 2.20. The van der Waals surface area contributed by atoms with Crippen LogP contribution in [0.2, 0.25) is 0 Å². The zero-order chi connectivity index (χ0) is 16.5. The van der Waals surface area contributed by atoms with Crippen LogP contribution in [0.5, 0.6) is 0 Å². The number of hydrogen-bond donors (Lipinski definition) is 2. The van der Waals surface area contributed by atoms with Gasteiger partial charge in [0.1, 0.15) is 0 Å². The van der Waals surface area contributed by atoms with Crippen LogP contribution in [0.4, 0.5) is 0 Å². The van der Waals surface area contributed by atoms with E-state index in [-0.39, 0.29) is 6.10 Å². The Morgan fingerprint density at radius 3 is 2.36 bits per heavy atom. The second-order valence-corrected chi connectivity index (χ2v) is 5.37. The molecule has 0 aliphatic heterocycles. The number of carboxylic acids is 1. The predicted molar refractivity (Wildman–Crippen MR) is 89.8 cm³/mol. The Labute approximate surface area is 134 Å². The Morgan fingerprint density at radius 2 is 1.68 bits per heavy atom. The van der Waals surface area contributed by atoms with E-state index >= 15 is 0 Å². The lowest BCUT2D eigenvalue weighted by molar-refractivity contribution is -0.281. The quantitative estimate of drug-likeness (QED) is 0.153. The van der Waals surface area contributed by atoms with Crippen LogP contribution in [-0.2, 0) is 9.68 Å². The van der Waals surface area contributed by atoms with Gasteiger partial charge in [-0.2, -0.15) is 0 Å². The third-order valence-electron chi connectivity index (χ3n) is 3.38. The molecule has 4 nitrogen and oxygen atoms in total. The molecule has 0 amide bonds. The summed E-state index contributed by atoms with van der Waals surface area (Å²) in [7, 11) is 0. The Bertz CT molecular complexity index is 345. The Kier molecular flexibility index (Phi) is 15.0. The SMILES string of the molecule is CCCCCCCC(CCCC=CC=CC=CC(=O)O)OO. The van der Waals surface area contributed by atoms with E-state index in [1.165, 1.54) is 31.8 Å². The molecule has 0 aromatic carbocycles. The zero-order valence-electron chi connectivity index (χ0n) is 13.6. The highest BCUT2D eigenvalue weighted by molar-refractivity contribution is 5.80. The van der Waals surface area contributed by atoms with Gasteiger partial charge in [0.2, 0.25) is 0 Å². The van der Waals surface area contributed by atoms with Crippen molar-refractivity contribution in [3.05, 3.63) is 36.5 Å². The van der Waals surface area contributed by atoms with E-state index in [0.29, 0.717) is 0 Å². The van der Waals surface area contributed by atoms with E-state index in [9.17, 15) is 4.79 Å². The minimum absolute atomic E-state index is 0.0518. The van der Waals surface area contributed by atoms with Gasteiger partial charge in [0, 0.05) is 6.08 Å². The molecule has 0 bridgehead atoms. The highest BCUT2D eigenvalue weighted by Crippen LogP contribution is 2.14. The third-order valence-corrected chi connectivity index (χ3v) is 3.38. The Balaban J connectivity index is 3.62. The average Bonchev–Trinajstić information content (AvgIpc) is 2.50. The Hall–Kier alpha value is -1.39. The molecule has 0 spiro atoms. The standard InChI is InChI=1S/C18H30O4/c1-2-3-4-8-11-14-17(22-21)15-12-9-6-5-7-10-13-16-18(19)20/h5-7,10,13,16-17,21H,2-4,8-9,11-12,14-15H2,1H3,(H,19,20). The first kappa shape index (κ1) is 20.6. The van der Waals surface area contributed by atoms with E-state index < -0.39 is 5.97 Å². The molecule has 0 saturated carbocycles. The fourth-order valence-electron chi connectivity index (χ4n) is 2.13. The lowest BCUT2D eigenvalue weighted by atomic mass is 10.0. The molecule has 2 N–H and O–H groups in total. The number of allylic oxidation sites excluding steroid dienone is 5. The van der Waals surface area contributed by atoms with Crippen LogP contribution in [0.25, 0.3) is 0 Å². The normalized spacial score (nSPS) is 13.5. The molecule has 1 unspecified atom stereocenters. The van der Waals surface area contributed by atoms with E-state index in [0.717, 1.165) is 38.2 Å². The monoisotopic (exact) mass is 310 g/mol. The maximum absolute atomic E-state index is 10.2. The van der Waals surface area contributed by atoms with Crippen molar-refractivity contribution in [3.63, 3.8) is 0 Å². The van der Waals surface area contributed by atoms with Crippen molar-refractivity contribution in [1.29, 1.82) is 0 Å². The molecular weight excluding hydrogens is 280 g/mol. The number of unbranched alkanes of at least 4 members (excludes halogenated alkanes) is 5. The molecule has 4 heteroatoms. The van der Waals surface area contributed by atoms with E-state index in [2.05, 4.69) is 11.8 Å². The summed E-state index contributed by atoms with van der Waals surface area (Å²) in [5, 5.41) is 17.3. The molecule has 126 valence electrons. The first-order valence-electron chi connectivity index (χ1n) is 8.23. The zero-order valence-corrected chi connectivity index (χ0v) is 13.6. The van der Waals surface area contributed by atoms with Gasteiger partial charge in [-0.3, -0.25) is 5.26 Å². The number of carboxylic acid groups (broad SMARTS) is 1. The predicted octanol–water partition coefficient (Wildman–Crippen LogP) is 5.13. The van der Waals surface area contributed by atoms with Crippen LogP contribution >= 0.6 is 0 Å². The smallest absolute Gasteiger partial charge is 0.328 e. The molecule has 0 fully saturated rings. The van der Waals surface area contributed by atoms with Crippen molar-refractivity contribution in [2.45, 2.75) is 70.8 Å². The van der Waals surface area contributed by atoms with Crippen molar-refractivity contribution < 1.29 is 20.0 Å². The summed E-state index contributed by atoms with van der Waals surface area (Å²) in [6, 6.07) is 0. The molecule has 0 aliphatic rings. The summed E-state index contributed by atoms with van der Waals surface area (Å²) in [6.07, 6.45) is 19.7. The maximum atomic E-state index is 10.2. The van der Waals surface area contributed by atoms with Crippen LogP contribution in [-0.4, -0.2) is 22.4 Å². The van der Waals surface area contributed by atoms with E-state index in [4.69, 9.17) is 10.4 Å². The summed E-state index contributed by atoms with van der Waals surface area (Å²) < 4.78 is 0. The molecule has 1 atom stereocenters. The summed E-state index contributed by atoms with van der Waals surface area (Å²) in [5.41, 5.74) is 0. The molecule has 0 rings (SSSR count). The molecule has 22 heavy (non-hydrogen) atoms. The van der Waals surface area contributed by atoms with Crippen LogP contribution in [0.1, 0.15) is 64.7 Å². The molecule has 0 radical (unpaired) electrons. The second-order valence-electron chi connectivity index (χ2n) is 5.37. The van der Waals surface area contributed by atoms with Gasteiger partial charge in [-0.15, -0.1) is 0 Å². The highest BCUT2D eigenvalue weighted by atomic mass is 17.1. The molecular formula is C18H30O4. The van der Waals surface area contributed by atoms with Gasteiger partial charge >= 0.3 is 5.97 Å². The van der Waals surface area contributed by atoms with Crippen molar-refractivity contribution in [2.24, 2.45) is 0 Å². The van der Waals surface area contributed by atoms with E-state index in [1.807, 2.05) is 12.2 Å². The topological polar surface area (TPSA) is 66.8 Å². The van der Waals surface area contributed by atoms with Gasteiger partial charge in [0.05, 0.1) is 6.10 Å². The van der Waals surface area contributed by atoms with Crippen molar-refractivity contribution in [3.8, 4) is 0 Å². The summed E-state index contributed by atoms with van der Waals surface area (Å²) >= 11 is 0. The van der Waals surface area contributed by atoms with E-state index in [1.54, 1.807) is 12.2 Å². The lowest BCUT2D eigenvalue weighted by Crippen LogP contribution is -2.10. The fraction of sp³-hybridized carbons (Fsp3) is 0.611. The number of hydrogen-bond acceptors (Lipinski definition) is 3. The first-order chi connectivity index (χ1) is 10.7. The minimum atomic E-state index is -0.946. The fourth-order valence-corrected chi connectivity index (χ4v) is 2.13. The molecule has 0 saturated heterocycles. The van der Waals surface area contributed by atoms with Crippen LogP contribution < -0.4 is 0 Å². The molecule has 0 aromatic heterocycles. The van der Waals surface area contributed by atoms with Crippen molar-refractivity contribution in [2.75, 3.05) is 0 Å². The van der Waals surface area contributed by atoms with Crippen LogP contribution in [0.3, 0.4) is 0 Å². The molecule has 0 aliphatic carbocycles. The summed E-state index contributed by atoms with van der Waals surface area (Å²) in [5.74, 6) is -0.946. The highest BCUT2D eigenvalue weighted by Gasteiger charge is 2.07. The Morgan fingerprint density at radius 1 is 1.00 bits per heavy atom. The van der Waals surface area contributed by atoms with Crippen molar-refractivity contribution >= 4 is 5.97 Å². The van der Waals surface area contributed by atoms with Crippen LogP contribution in [0, 0.1) is 0 Å². The first-order valence-corrected chi connectivity index (χ1v) is 8.23. The lowest BCUT2D eigenvalue weighted by Gasteiger charge is -2.12. The second kappa shape index (κ2) is 16.0. The van der Waals surface area contributed by atoms with Gasteiger partial charge in [0.15, 0.2) is 0 Å². The molecule has 0 aromatic rings. The van der Waals surface area contributed by atoms with Crippen LogP contribution in [0.15, 0.2) is 36.5 Å². The average molecular weight is 310 g/mol. The van der Waals surface area contributed by atoms with Crippen molar-refractivity contribution in [1.82, 2.24) is 0 Å².